The Bertz CT molecular complexity index is 393. The number of halogens is 1. The van der Waals surface area contributed by atoms with Crippen LogP contribution in [0.5, 0.6) is 0 Å². The van der Waals surface area contributed by atoms with E-state index in [0.717, 1.165) is 0 Å². The van der Waals surface area contributed by atoms with Crippen LogP contribution < -0.4 is 10.6 Å². The Hall–Kier alpha value is -1.91. The second kappa shape index (κ2) is 5.85. The van der Waals surface area contributed by atoms with Gasteiger partial charge in [0, 0.05) is 20.0 Å². The molecule has 0 aliphatic heterocycles. The SMILES string of the molecule is CC(=O)NCCNC(=O)c1ccccc1F. The van der Waals surface area contributed by atoms with Crippen LogP contribution in [0.3, 0.4) is 0 Å². The zero-order valence-electron chi connectivity index (χ0n) is 8.92. The topological polar surface area (TPSA) is 58.2 Å². The summed E-state index contributed by atoms with van der Waals surface area (Å²) in [5.41, 5.74) is 0.00493. The van der Waals surface area contributed by atoms with Gasteiger partial charge in [-0.3, -0.25) is 9.59 Å². The maximum atomic E-state index is 13.1. The van der Waals surface area contributed by atoms with E-state index in [4.69, 9.17) is 0 Å². The Morgan fingerprint density at radius 1 is 1.19 bits per heavy atom. The summed E-state index contributed by atoms with van der Waals surface area (Å²) in [4.78, 5) is 22.0. The first kappa shape index (κ1) is 12.2. The van der Waals surface area contributed by atoms with E-state index in [1.807, 2.05) is 0 Å². The summed E-state index contributed by atoms with van der Waals surface area (Å²) in [6.07, 6.45) is 0. The molecule has 0 unspecified atom stereocenters. The van der Waals surface area contributed by atoms with Gasteiger partial charge in [-0.15, -0.1) is 0 Å². The fourth-order valence-electron chi connectivity index (χ4n) is 1.16. The van der Waals surface area contributed by atoms with Crippen molar-refractivity contribution in [1.82, 2.24) is 10.6 Å². The van der Waals surface area contributed by atoms with Crippen molar-refractivity contribution in [2.24, 2.45) is 0 Å². The molecule has 86 valence electrons. The second-order valence-electron chi connectivity index (χ2n) is 3.22. The molecule has 1 aromatic carbocycles. The fraction of sp³-hybridized carbons (Fsp3) is 0.273. The van der Waals surface area contributed by atoms with Crippen molar-refractivity contribution < 1.29 is 14.0 Å². The van der Waals surface area contributed by atoms with Gasteiger partial charge in [-0.05, 0) is 12.1 Å². The van der Waals surface area contributed by atoms with E-state index >= 15 is 0 Å². The summed E-state index contributed by atoms with van der Waals surface area (Å²) in [7, 11) is 0. The maximum Gasteiger partial charge on any atom is 0.254 e. The molecule has 0 spiro atoms. The van der Waals surface area contributed by atoms with Crippen molar-refractivity contribution in [2.45, 2.75) is 6.92 Å². The van der Waals surface area contributed by atoms with E-state index < -0.39 is 11.7 Å². The Morgan fingerprint density at radius 2 is 1.81 bits per heavy atom. The first-order chi connectivity index (χ1) is 7.61. The highest BCUT2D eigenvalue weighted by Crippen LogP contribution is 2.05. The normalized spacial score (nSPS) is 9.62. The third-order valence-corrected chi connectivity index (χ3v) is 1.90. The van der Waals surface area contributed by atoms with Crippen LogP contribution in [0.4, 0.5) is 4.39 Å². The summed E-state index contributed by atoms with van der Waals surface area (Å²) in [5, 5.41) is 5.02. The number of carbonyl (C=O) groups is 2. The molecule has 2 amide bonds. The molecule has 1 rings (SSSR count). The molecule has 4 nitrogen and oxygen atoms in total. The molecule has 0 atom stereocenters. The molecule has 5 heteroatoms. The lowest BCUT2D eigenvalue weighted by atomic mass is 10.2. The minimum absolute atomic E-state index is 0.00493. The monoisotopic (exact) mass is 224 g/mol. The van der Waals surface area contributed by atoms with Gasteiger partial charge < -0.3 is 10.6 Å². The van der Waals surface area contributed by atoms with Crippen LogP contribution in [0.1, 0.15) is 17.3 Å². The van der Waals surface area contributed by atoms with E-state index in [9.17, 15) is 14.0 Å². The number of hydrogen-bond acceptors (Lipinski definition) is 2. The number of nitrogens with one attached hydrogen (secondary N) is 2. The van der Waals surface area contributed by atoms with Crippen molar-refractivity contribution in [3.63, 3.8) is 0 Å². The lowest BCUT2D eigenvalue weighted by molar-refractivity contribution is -0.118. The maximum absolute atomic E-state index is 13.1. The number of carbonyl (C=O) groups excluding carboxylic acids is 2. The summed E-state index contributed by atoms with van der Waals surface area (Å²) in [5.74, 6) is -1.21. The van der Waals surface area contributed by atoms with E-state index in [0.29, 0.717) is 6.54 Å². The lowest BCUT2D eigenvalue weighted by Gasteiger charge is -2.06. The Labute approximate surface area is 92.8 Å². The Kier molecular flexibility index (Phi) is 4.44. The van der Waals surface area contributed by atoms with Crippen LogP contribution in [-0.4, -0.2) is 24.9 Å². The predicted molar refractivity (Wildman–Crippen MR) is 57.4 cm³/mol. The molecule has 2 N–H and O–H groups in total. The fourth-order valence-corrected chi connectivity index (χ4v) is 1.16. The molecule has 0 fully saturated rings. The van der Waals surface area contributed by atoms with Crippen molar-refractivity contribution in [2.75, 3.05) is 13.1 Å². The summed E-state index contributed by atoms with van der Waals surface area (Å²) in [6, 6.07) is 5.74. The van der Waals surface area contributed by atoms with Crippen molar-refractivity contribution >= 4 is 11.8 Å². The average molecular weight is 224 g/mol. The van der Waals surface area contributed by atoms with Gasteiger partial charge in [0.1, 0.15) is 5.82 Å². The third kappa shape index (κ3) is 3.68. The van der Waals surface area contributed by atoms with Crippen LogP contribution in [-0.2, 0) is 4.79 Å². The predicted octanol–water partition coefficient (Wildman–Crippen LogP) is 0.692. The molecule has 0 aliphatic carbocycles. The molecule has 0 heterocycles. The third-order valence-electron chi connectivity index (χ3n) is 1.90. The van der Waals surface area contributed by atoms with Crippen LogP contribution in [0.2, 0.25) is 0 Å². The molecular formula is C11H13FN2O2. The van der Waals surface area contributed by atoms with Gasteiger partial charge in [-0.25, -0.2) is 4.39 Å². The molecule has 0 saturated carbocycles. The highest BCUT2D eigenvalue weighted by molar-refractivity contribution is 5.94. The average Bonchev–Trinajstić information content (AvgIpc) is 2.24. The van der Waals surface area contributed by atoms with Crippen molar-refractivity contribution in [1.29, 1.82) is 0 Å². The summed E-state index contributed by atoms with van der Waals surface area (Å²) >= 11 is 0. The molecule has 1 aromatic rings. The zero-order chi connectivity index (χ0) is 12.0. The van der Waals surface area contributed by atoms with Gasteiger partial charge in [0.15, 0.2) is 0 Å². The number of benzene rings is 1. The van der Waals surface area contributed by atoms with Gasteiger partial charge in [-0.2, -0.15) is 0 Å². The van der Waals surface area contributed by atoms with E-state index in [2.05, 4.69) is 10.6 Å². The van der Waals surface area contributed by atoms with Crippen LogP contribution in [0, 0.1) is 5.82 Å². The van der Waals surface area contributed by atoms with Gasteiger partial charge in [-0.1, -0.05) is 12.1 Å². The summed E-state index contributed by atoms with van der Waals surface area (Å²) < 4.78 is 13.1. The largest absolute Gasteiger partial charge is 0.355 e. The Morgan fingerprint density at radius 3 is 2.44 bits per heavy atom. The first-order valence-electron chi connectivity index (χ1n) is 4.88. The second-order valence-corrected chi connectivity index (χ2v) is 3.22. The lowest BCUT2D eigenvalue weighted by Crippen LogP contribution is -2.33. The minimum atomic E-state index is -0.556. The highest BCUT2D eigenvalue weighted by Gasteiger charge is 2.09. The van der Waals surface area contributed by atoms with E-state index in [1.165, 1.54) is 25.1 Å². The van der Waals surface area contributed by atoms with Crippen molar-refractivity contribution in [3.05, 3.63) is 35.6 Å². The molecule has 0 radical (unpaired) electrons. The zero-order valence-corrected chi connectivity index (χ0v) is 8.92. The first-order valence-corrected chi connectivity index (χ1v) is 4.88. The van der Waals surface area contributed by atoms with Crippen LogP contribution >= 0.6 is 0 Å². The molecule has 0 aromatic heterocycles. The van der Waals surface area contributed by atoms with Gasteiger partial charge in [0.2, 0.25) is 5.91 Å². The number of rotatable bonds is 4. The van der Waals surface area contributed by atoms with E-state index in [1.54, 1.807) is 6.07 Å². The molecular weight excluding hydrogens is 211 g/mol. The van der Waals surface area contributed by atoms with Crippen molar-refractivity contribution in [3.8, 4) is 0 Å². The van der Waals surface area contributed by atoms with Crippen LogP contribution in [0.25, 0.3) is 0 Å². The quantitative estimate of drug-likeness (QED) is 0.739. The molecule has 0 aliphatic rings. The Balaban J connectivity index is 2.41. The van der Waals surface area contributed by atoms with E-state index in [-0.39, 0.29) is 18.0 Å². The number of amides is 2. The molecule has 16 heavy (non-hydrogen) atoms. The standard InChI is InChI=1S/C11H13FN2O2/c1-8(15)13-6-7-14-11(16)9-4-2-3-5-10(9)12/h2-5H,6-7H2,1H3,(H,13,15)(H,14,16). The number of hydrogen-bond donors (Lipinski definition) is 2. The highest BCUT2D eigenvalue weighted by atomic mass is 19.1. The minimum Gasteiger partial charge on any atom is -0.355 e. The van der Waals surface area contributed by atoms with Gasteiger partial charge >= 0.3 is 0 Å². The smallest absolute Gasteiger partial charge is 0.254 e. The molecule has 0 saturated heterocycles. The van der Waals surface area contributed by atoms with Gasteiger partial charge in [0.25, 0.3) is 5.91 Å². The summed E-state index contributed by atoms with van der Waals surface area (Å²) in [6.45, 7) is 1.99. The van der Waals surface area contributed by atoms with Crippen LogP contribution in [0.15, 0.2) is 24.3 Å². The van der Waals surface area contributed by atoms with Gasteiger partial charge in [0.05, 0.1) is 5.56 Å². The molecule has 0 bridgehead atoms.